The zero-order valence-electron chi connectivity index (χ0n) is 13.5. The Balaban J connectivity index is 1.62. The maximum absolute atomic E-state index is 12.0. The van der Waals surface area contributed by atoms with Crippen LogP contribution in [0.25, 0.3) is 10.1 Å². The smallest absolute Gasteiger partial charge is 0.348 e. The highest BCUT2D eigenvalue weighted by molar-refractivity contribution is 7.20. The van der Waals surface area contributed by atoms with Gasteiger partial charge in [0.05, 0.1) is 12.7 Å². The van der Waals surface area contributed by atoms with Crippen molar-refractivity contribution in [3.8, 4) is 0 Å². The van der Waals surface area contributed by atoms with Gasteiger partial charge < -0.3 is 20.1 Å². The van der Waals surface area contributed by atoms with E-state index in [1.54, 1.807) is 13.0 Å². The molecule has 1 aliphatic heterocycles. The molecule has 1 unspecified atom stereocenters. The van der Waals surface area contributed by atoms with E-state index >= 15 is 0 Å². The number of rotatable bonds is 5. The number of hydrogen-bond donors (Lipinski definition) is 2. The lowest BCUT2D eigenvalue weighted by atomic mass is 10.2. The van der Waals surface area contributed by atoms with Crippen LogP contribution < -0.4 is 10.6 Å². The summed E-state index contributed by atoms with van der Waals surface area (Å²) in [7, 11) is 0. The molecule has 24 heavy (non-hydrogen) atoms. The molecule has 6 nitrogen and oxygen atoms in total. The lowest BCUT2D eigenvalue weighted by Crippen LogP contribution is -2.34. The normalized spacial score (nSPS) is 17.0. The third kappa shape index (κ3) is 4.04. The number of amides is 2. The summed E-state index contributed by atoms with van der Waals surface area (Å²) in [5.74, 6) is -0.317. The van der Waals surface area contributed by atoms with Crippen LogP contribution >= 0.6 is 11.3 Å². The zero-order chi connectivity index (χ0) is 16.9. The van der Waals surface area contributed by atoms with Gasteiger partial charge in [0.15, 0.2) is 0 Å². The quantitative estimate of drug-likeness (QED) is 0.812. The maximum atomic E-state index is 12.0. The number of ether oxygens (including phenoxy) is 2. The standard InChI is InChI=1S/C17H20N2O4S/c1-2-22-16(20)15-9-11-8-12(5-6-14(11)24-15)19-17(21)18-10-13-4-3-7-23-13/h5-6,8-9,13H,2-4,7,10H2,1H3,(H2,18,19,21). The summed E-state index contributed by atoms with van der Waals surface area (Å²) in [5, 5.41) is 6.52. The van der Waals surface area contributed by atoms with Crippen LogP contribution in [0.1, 0.15) is 29.4 Å². The molecule has 0 bridgehead atoms. The lowest BCUT2D eigenvalue weighted by Gasteiger charge is -2.11. The summed E-state index contributed by atoms with van der Waals surface area (Å²) < 4.78 is 11.5. The molecule has 1 saturated heterocycles. The van der Waals surface area contributed by atoms with Gasteiger partial charge in [-0.1, -0.05) is 0 Å². The summed E-state index contributed by atoms with van der Waals surface area (Å²) in [6, 6.07) is 7.08. The first-order chi connectivity index (χ1) is 11.7. The van der Waals surface area contributed by atoms with Crippen LogP contribution in [0, 0.1) is 0 Å². The van der Waals surface area contributed by atoms with Gasteiger partial charge >= 0.3 is 12.0 Å². The Morgan fingerprint density at radius 2 is 2.25 bits per heavy atom. The molecular formula is C17H20N2O4S. The van der Waals surface area contributed by atoms with Crippen molar-refractivity contribution in [2.75, 3.05) is 25.1 Å². The molecule has 1 aromatic heterocycles. The Morgan fingerprint density at radius 3 is 3.00 bits per heavy atom. The second kappa shape index (κ2) is 7.63. The van der Waals surface area contributed by atoms with Crippen LogP contribution in [0.3, 0.4) is 0 Å². The summed E-state index contributed by atoms with van der Waals surface area (Å²) in [5.41, 5.74) is 0.681. The molecule has 2 aromatic rings. The van der Waals surface area contributed by atoms with Gasteiger partial charge in [0, 0.05) is 23.5 Å². The van der Waals surface area contributed by atoms with E-state index in [0.717, 1.165) is 29.5 Å². The van der Waals surface area contributed by atoms with Crippen LogP contribution in [-0.2, 0) is 9.47 Å². The Morgan fingerprint density at radius 1 is 1.38 bits per heavy atom. The number of esters is 1. The molecule has 1 atom stereocenters. The monoisotopic (exact) mass is 348 g/mol. The van der Waals surface area contributed by atoms with Crippen LogP contribution in [0.15, 0.2) is 24.3 Å². The Kier molecular flexibility index (Phi) is 5.32. The molecule has 0 aliphatic carbocycles. The van der Waals surface area contributed by atoms with E-state index in [4.69, 9.17) is 9.47 Å². The average Bonchev–Trinajstić information content (AvgIpc) is 3.22. The van der Waals surface area contributed by atoms with Gasteiger partial charge in [0.2, 0.25) is 0 Å². The molecule has 0 saturated carbocycles. The molecule has 1 fully saturated rings. The van der Waals surface area contributed by atoms with E-state index in [0.29, 0.717) is 23.7 Å². The summed E-state index contributed by atoms with van der Waals surface area (Å²) in [6.07, 6.45) is 2.14. The van der Waals surface area contributed by atoms with E-state index in [-0.39, 0.29) is 18.1 Å². The molecule has 3 rings (SSSR count). The first-order valence-electron chi connectivity index (χ1n) is 8.03. The van der Waals surface area contributed by atoms with Crippen LogP contribution in [0.5, 0.6) is 0 Å². The first-order valence-corrected chi connectivity index (χ1v) is 8.84. The minimum Gasteiger partial charge on any atom is -0.462 e. The van der Waals surface area contributed by atoms with Gasteiger partial charge in [-0.05, 0) is 49.4 Å². The van der Waals surface area contributed by atoms with Crippen LogP contribution in [-0.4, -0.2) is 37.9 Å². The molecule has 128 valence electrons. The topological polar surface area (TPSA) is 76.7 Å². The van der Waals surface area contributed by atoms with Crippen molar-refractivity contribution < 1.29 is 19.1 Å². The van der Waals surface area contributed by atoms with Crippen molar-refractivity contribution in [3.05, 3.63) is 29.1 Å². The van der Waals surface area contributed by atoms with Gasteiger partial charge in [0.25, 0.3) is 0 Å². The van der Waals surface area contributed by atoms with Crippen molar-refractivity contribution in [2.24, 2.45) is 0 Å². The maximum Gasteiger partial charge on any atom is 0.348 e. The van der Waals surface area contributed by atoms with Gasteiger partial charge in [0.1, 0.15) is 4.88 Å². The molecule has 0 radical (unpaired) electrons. The third-order valence-corrected chi connectivity index (χ3v) is 4.86. The number of thiophene rings is 1. The van der Waals surface area contributed by atoms with Crippen LogP contribution in [0.2, 0.25) is 0 Å². The summed E-state index contributed by atoms with van der Waals surface area (Å²) in [6.45, 7) is 3.42. The van der Waals surface area contributed by atoms with Gasteiger partial charge in [-0.2, -0.15) is 0 Å². The molecule has 0 spiro atoms. The molecule has 2 N–H and O–H groups in total. The van der Waals surface area contributed by atoms with Crippen LogP contribution in [0.4, 0.5) is 10.5 Å². The highest BCUT2D eigenvalue weighted by Gasteiger charge is 2.16. The molecule has 2 heterocycles. The van der Waals surface area contributed by atoms with Crippen molar-refractivity contribution in [2.45, 2.75) is 25.9 Å². The van der Waals surface area contributed by atoms with E-state index in [1.165, 1.54) is 11.3 Å². The van der Waals surface area contributed by atoms with Crippen molar-refractivity contribution in [1.29, 1.82) is 0 Å². The molecule has 1 aliphatic rings. The molecule has 7 heteroatoms. The van der Waals surface area contributed by atoms with Crippen molar-refractivity contribution in [3.63, 3.8) is 0 Å². The van der Waals surface area contributed by atoms with E-state index in [2.05, 4.69) is 10.6 Å². The van der Waals surface area contributed by atoms with Gasteiger partial charge in [-0.3, -0.25) is 0 Å². The fraction of sp³-hybridized carbons (Fsp3) is 0.412. The van der Waals surface area contributed by atoms with Crippen molar-refractivity contribution >= 4 is 39.1 Å². The first kappa shape index (κ1) is 16.7. The molecule has 2 amide bonds. The SMILES string of the molecule is CCOC(=O)c1cc2cc(NC(=O)NCC3CCCO3)ccc2s1. The molecule has 1 aromatic carbocycles. The third-order valence-electron chi connectivity index (χ3n) is 3.77. The number of nitrogens with one attached hydrogen (secondary N) is 2. The highest BCUT2D eigenvalue weighted by Crippen LogP contribution is 2.28. The van der Waals surface area contributed by atoms with E-state index in [9.17, 15) is 9.59 Å². The van der Waals surface area contributed by atoms with Crippen molar-refractivity contribution in [1.82, 2.24) is 5.32 Å². The number of carbonyl (C=O) groups is 2. The van der Waals surface area contributed by atoms with E-state index < -0.39 is 0 Å². The second-order valence-electron chi connectivity index (χ2n) is 5.55. The largest absolute Gasteiger partial charge is 0.462 e. The Labute approximate surface area is 144 Å². The summed E-state index contributed by atoms with van der Waals surface area (Å²) >= 11 is 1.38. The number of hydrogen-bond acceptors (Lipinski definition) is 5. The predicted octanol–water partition coefficient (Wildman–Crippen LogP) is 3.38. The average molecular weight is 348 g/mol. The Hall–Kier alpha value is -2.12. The van der Waals surface area contributed by atoms with Gasteiger partial charge in [-0.15, -0.1) is 11.3 Å². The fourth-order valence-electron chi connectivity index (χ4n) is 2.61. The number of carbonyl (C=O) groups excluding carboxylic acids is 2. The summed E-state index contributed by atoms with van der Waals surface area (Å²) in [4.78, 5) is 24.3. The van der Waals surface area contributed by atoms with Gasteiger partial charge in [-0.25, -0.2) is 9.59 Å². The van der Waals surface area contributed by atoms with E-state index in [1.807, 2.05) is 18.2 Å². The number of fused-ring (bicyclic) bond motifs is 1. The fourth-order valence-corrected chi connectivity index (χ4v) is 3.55. The lowest BCUT2D eigenvalue weighted by molar-refractivity contribution is 0.0532. The zero-order valence-corrected chi connectivity index (χ0v) is 14.3. The number of urea groups is 1. The minimum atomic E-state index is -0.317. The predicted molar refractivity (Wildman–Crippen MR) is 93.8 cm³/mol. The Bertz CT molecular complexity index is 737. The highest BCUT2D eigenvalue weighted by atomic mass is 32.1. The molecular weight excluding hydrogens is 328 g/mol. The minimum absolute atomic E-state index is 0.113. The second-order valence-corrected chi connectivity index (χ2v) is 6.64. The number of anilines is 1. The number of benzene rings is 1.